The van der Waals surface area contributed by atoms with Gasteiger partial charge in [0.2, 0.25) is 11.8 Å². The van der Waals surface area contributed by atoms with Crippen molar-refractivity contribution in [3.05, 3.63) is 0 Å². The predicted molar refractivity (Wildman–Crippen MR) is 49.5 cm³/mol. The molecule has 1 aliphatic rings. The first-order valence-electron chi connectivity index (χ1n) is 4.53. The highest BCUT2D eigenvalue weighted by atomic mass is 16.2. The van der Waals surface area contributed by atoms with Crippen molar-refractivity contribution >= 4 is 18.1 Å². The summed E-state index contributed by atoms with van der Waals surface area (Å²) in [4.78, 5) is 36.1. The molecule has 0 aliphatic carbocycles. The number of rotatable bonds is 2. The Labute approximate surface area is 82.7 Å². The number of amides is 2. The first-order chi connectivity index (χ1) is 6.56. The van der Waals surface area contributed by atoms with Gasteiger partial charge in [-0.15, -0.1) is 0 Å². The Morgan fingerprint density at radius 3 is 2.64 bits per heavy atom. The topological polar surface area (TPSA) is 57.7 Å². The number of aldehydes is 1. The van der Waals surface area contributed by atoms with E-state index in [1.54, 1.807) is 11.9 Å². The molecule has 14 heavy (non-hydrogen) atoms. The van der Waals surface area contributed by atoms with Crippen LogP contribution in [0.4, 0.5) is 0 Å². The minimum absolute atomic E-state index is 0.0334. The maximum atomic E-state index is 11.4. The molecule has 0 bridgehead atoms. The van der Waals surface area contributed by atoms with Crippen LogP contribution in [0.15, 0.2) is 0 Å². The number of hydrogen-bond donors (Lipinski definition) is 0. The summed E-state index contributed by atoms with van der Waals surface area (Å²) >= 11 is 0. The van der Waals surface area contributed by atoms with E-state index in [1.807, 2.05) is 6.92 Å². The zero-order chi connectivity index (χ0) is 10.7. The van der Waals surface area contributed by atoms with Crippen LogP contribution < -0.4 is 0 Å². The van der Waals surface area contributed by atoms with Gasteiger partial charge in [0.25, 0.3) is 0 Å². The monoisotopic (exact) mass is 198 g/mol. The van der Waals surface area contributed by atoms with Gasteiger partial charge >= 0.3 is 0 Å². The van der Waals surface area contributed by atoms with Crippen molar-refractivity contribution in [1.82, 2.24) is 9.80 Å². The lowest BCUT2D eigenvalue weighted by Gasteiger charge is -2.24. The summed E-state index contributed by atoms with van der Waals surface area (Å²) in [5.74, 6) is -0.450. The number of likely N-dealkylation sites (N-methyl/N-ethyl adjacent to an activating group) is 1. The van der Waals surface area contributed by atoms with Gasteiger partial charge in [0.05, 0.1) is 6.54 Å². The molecule has 1 unspecified atom stereocenters. The molecule has 0 radical (unpaired) electrons. The zero-order valence-corrected chi connectivity index (χ0v) is 8.40. The van der Waals surface area contributed by atoms with E-state index in [1.165, 1.54) is 4.90 Å². The second kappa shape index (κ2) is 4.21. The van der Waals surface area contributed by atoms with Crippen molar-refractivity contribution in [2.75, 3.05) is 20.1 Å². The van der Waals surface area contributed by atoms with Crippen molar-refractivity contribution in [3.8, 4) is 0 Å². The van der Waals surface area contributed by atoms with Gasteiger partial charge in [0.15, 0.2) is 0 Å². The van der Waals surface area contributed by atoms with E-state index in [0.29, 0.717) is 12.8 Å². The molecule has 1 heterocycles. The molecule has 1 rings (SSSR count). The van der Waals surface area contributed by atoms with Gasteiger partial charge in [-0.05, 0) is 6.92 Å². The molecular weight excluding hydrogens is 184 g/mol. The molecule has 1 fully saturated rings. The normalized spacial score (nSPS) is 23.7. The highest BCUT2D eigenvalue weighted by Crippen LogP contribution is 2.09. The second-order valence-corrected chi connectivity index (χ2v) is 3.50. The fourth-order valence-corrected chi connectivity index (χ4v) is 1.42. The summed E-state index contributed by atoms with van der Waals surface area (Å²) < 4.78 is 0. The van der Waals surface area contributed by atoms with Crippen LogP contribution in [0.1, 0.15) is 13.3 Å². The molecule has 1 atom stereocenters. The summed E-state index contributed by atoms with van der Waals surface area (Å²) in [6.45, 7) is 2.36. The van der Waals surface area contributed by atoms with Crippen LogP contribution in [0.3, 0.4) is 0 Å². The molecular formula is C9H14N2O3. The molecule has 0 aromatic heterocycles. The second-order valence-electron chi connectivity index (χ2n) is 3.50. The van der Waals surface area contributed by atoms with E-state index < -0.39 is 0 Å². The number of hydrogen-bond acceptors (Lipinski definition) is 3. The van der Waals surface area contributed by atoms with Crippen molar-refractivity contribution in [3.63, 3.8) is 0 Å². The Morgan fingerprint density at radius 1 is 1.43 bits per heavy atom. The van der Waals surface area contributed by atoms with Crippen molar-refractivity contribution in [2.45, 2.75) is 19.4 Å². The summed E-state index contributed by atoms with van der Waals surface area (Å²) in [5.41, 5.74) is 0. The van der Waals surface area contributed by atoms with Gasteiger partial charge in [-0.3, -0.25) is 9.59 Å². The third-order valence-electron chi connectivity index (χ3n) is 2.49. The fraction of sp³-hybridized carbons (Fsp3) is 0.667. The first kappa shape index (κ1) is 10.7. The standard InChI is InChI=1S/C9H14N2O3/c1-7-6-11(3-4-12)9(14)5-8(13)10(7)2/h4,7H,3,5-6H2,1-2H3. The SMILES string of the molecule is CC1CN(CC=O)C(=O)CC(=O)N1C. The van der Waals surface area contributed by atoms with E-state index in [-0.39, 0.29) is 30.8 Å². The molecule has 5 nitrogen and oxygen atoms in total. The van der Waals surface area contributed by atoms with Gasteiger partial charge in [-0.1, -0.05) is 0 Å². The predicted octanol–water partition coefficient (Wildman–Crippen LogP) is -0.735. The fourth-order valence-electron chi connectivity index (χ4n) is 1.42. The quantitative estimate of drug-likeness (QED) is 0.434. The highest BCUT2D eigenvalue weighted by molar-refractivity contribution is 5.98. The Kier molecular flexibility index (Phi) is 3.22. The van der Waals surface area contributed by atoms with Crippen LogP contribution in [-0.2, 0) is 14.4 Å². The smallest absolute Gasteiger partial charge is 0.232 e. The molecule has 5 heteroatoms. The van der Waals surface area contributed by atoms with Crippen LogP contribution in [-0.4, -0.2) is 54.1 Å². The largest absolute Gasteiger partial charge is 0.341 e. The van der Waals surface area contributed by atoms with Gasteiger partial charge in [-0.2, -0.15) is 0 Å². The van der Waals surface area contributed by atoms with Crippen LogP contribution in [0.5, 0.6) is 0 Å². The Balaban J connectivity index is 2.78. The molecule has 0 aromatic rings. The number of carbonyl (C=O) groups excluding carboxylic acids is 3. The van der Waals surface area contributed by atoms with Crippen LogP contribution >= 0.6 is 0 Å². The summed E-state index contributed by atoms with van der Waals surface area (Å²) in [5, 5.41) is 0. The maximum absolute atomic E-state index is 11.4. The maximum Gasteiger partial charge on any atom is 0.232 e. The Morgan fingerprint density at radius 2 is 2.07 bits per heavy atom. The van der Waals surface area contributed by atoms with E-state index in [9.17, 15) is 14.4 Å². The van der Waals surface area contributed by atoms with E-state index in [2.05, 4.69) is 0 Å². The van der Waals surface area contributed by atoms with E-state index in [0.717, 1.165) is 0 Å². The average Bonchev–Trinajstić information content (AvgIpc) is 2.21. The summed E-state index contributed by atoms with van der Waals surface area (Å²) in [7, 11) is 1.67. The van der Waals surface area contributed by atoms with Crippen LogP contribution in [0.25, 0.3) is 0 Å². The van der Waals surface area contributed by atoms with Crippen LogP contribution in [0, 0.1) is 0 Å². The molecule has 0 aromatic carbocycles. The van der Waals surface area contributed by atoms with Gasteiger partial charge in [-0.25, -0.2) is 0 Å². The van der Waals surface area contributed by atoms with Crippen molar-refractivity contribution < 1.29 is 14.4 Å². The Bertz CT molecular complexity index is 265. The van der Waals surface area contributed by atoms with Gasteiger partial charge in [0, 0.05) is 19.6 Å². The van der Waals surface area contributed by atoms with Crippen molar-refractivity contribution in [1.29, 1.82) is 0 Å². The minimum Gasteiger partial charge on any atom is -0.341 e. The molecule has 0 saturated carbocycles. The Hall–Kier alpha value is -1.39. The third-order valence-corrected chi connectivity index (χ3v) is 2.49. The van der Waals surface area contributed by atoms with Crippen LogP contribution in [0.2, 0.25) is 0 Å². The molecule has 78 valence electrons. The van der Waals surface area contributed by atoms with E-state index >= 15 is 0 Å². The molecule has 0 N–H and O–H groups in total. The zero-order valence-electron chi connectivity index (χ0n) is 8.40. The molecule has 0 spiro atoms. The molecule has 1 saturated heterocycles. The average molecular weight is 198 g/mol. The minimum atomic E-state index is -0.265. The number of carbonyl (C=O) groups is 3. The lowest BCUT2D eigenvalue weighted by molar-refractivity contribution is -0.137. The third kappa shape index (κ3) is 2.10. The van der Waals surface area contributed by atoms with Gasteiger partial charge < -0.3 is 14.6 Å². The summed E-state index contributed by atoms with van der Waals surface area (Å²) in [6.07, 6.45) is 0.551. The molecule has 2 amide bonds. The molecule has 1 aliphatic heterocycles. The number of nitrogens with zero attached hydrogens (tertiary/aromatic N) is 2. The highest BCUT2D eigenvalue weighted by Gasteiger charge is 2.28. The first-order valence-corrected chi connectivity index (χ1v) is 4.53. The van der Waals surface area contributed by atoms with Gasteiger partial charge in [0.1, 0.15) is 12.7 Å². The van der Waals surface area contributed by atoms with E-state index in [4.69, 9.17) is 0 Å². The lowest BCUT2D eigenvalue weighted by atomic mass is 10.3. The van der Waals surface area contributed by atoms with Crippen molar-refractivity contribution in [2.24, 2.45) is 0 Å². The lowest BCUT2D eigenvalue weighted by Crippen LogP contribution is -2.39. The summed E-state index contributed by atoms with van der Waals surface area (Å²) in [6, 6.07) is -0.0334.